The lowest BCUT2D eigenvalue weighted by Crippen LogP contribution is -2.13. The number of benzene rings is 2. The first-order chi connectivity index (χ1) is 9.16. The van der Waals surface area contributed by atoms with Crippen molar-refractivity contribution < 1.29 is 9.53 Å². The second-order valence-electron chi connectivity index (χ2n) is 4.49. The molecule has 0 amide bonds. The Labute approximate surface area is 113 Å². The molecule has 2 aromatic carbocycles. The molecule has 0 bridgehead atoms. The van der Waals surface area contributed by atoms with Crippen molar-refractivity contribution in [1.82, 2.24) is 0 Å². The summed E-state index contributed by atoms with van der Waals surface area (Å²) in [4.78, 5) is 12.0. The Bertz CT molecular complexity index is 552. The van der Waals surface area contributed by atoms with Crippen LogP contribution in [0.4, 0.5) is 5.69 Å². The van der Waals surface area contributed by atoms with Crippen molar-refractivity contribution in [3.05, 3.63) is 65.7 Å². The van der Waals surface area contributed by atoms with E-state index in [2.05, 4.69) is 0 Å². The summed E-state index contributed by atoms with van der Waals surface area (Å²) < 4.78 is 5.30. The first kappa shape index (κ1) is 13.1. The quantitative estimate of drug-likeness (QED) is 0.674. The SMILES string of the molecule is C[C@H](C(=O)OCc1ccccc1)c1cccc(N)c1. The minimum atomic E-state index is -0.313. The average Bonchev–Trinajstić information content (AvgIpc) is 2.45. The lowest BCUT2D eigenvalue weighted by Gasteiger charge is -2.12. The third-order valence-corrected chi connectivity index (χ3v) is 2.99. The predicted molar refractivity (Wildman–Crippen MR) is 75.5 cm³/mol. The fourth-order valence-corrected chi connectivity index (χ4v) is 1.82. The highest BCUT2D eigenvalue weighted by molar-refractivity contribution is 5.78. The number of nitrogen functional groups attached to an aromatic ring is 1. The van der Waals surface area contributed by atoms with Gasteiger partial charge in [-0.15, -0.1) is 0 Å². The van der Waals surface area contributed by atoms with E-state index in [0.29, 0.717) is 12.3 Å². The third-order valence-electron chi connectivity index (χ3n) is 2.99. The minimum Gasteiger partial charge on any atom is -0.460 e. The van der Waals surface area contributed by atoms with Crippen LogP contribution in [0.3, 0.4) is 0 Å². The van der Waals surface area contributed by atoms with E-state index in [0.717, 1.165) is 11.1 Å². The Balaban J connectivity index is 1.96. The van der Waals surface area contributed by atoms with Crippen LogP contribution in [0.5, 0.6) is 0 Å². The zero-order valence-electron chi connectivity index (χ0n) is 10.9. The van der Waals surface area contributed by atoms with Crippen LogP contribution in [0, 0.1) is 0 Å². The lowest BCUT2D eigenvalue weighted by molar-refractivity contribution is -0.146. The summed E-state index contributed by atoms with van der Waals surface area (Å²) in [6.07, 6.45) is 0. The van der Waals surface area contributed by atoms with Gasteiger partial charge in [0.05, 0.1) is 5.92 Å². The van der Waals surface area contributed by atoms with Crippen LogP contribution < -0.4 is 5.73 Å². The Kier molecular flexibility index (Phi) is 4.18. The number of hydrogen-bond donors (Lipinski definition) is 1. The van der Waals surface area contributed by atoms with E-state index in [1.54, 1.807) is 12.1 Å². The van der Waals surface area contributed by atoms with E-state index < -0.39 is 0 Å². The van der Waals surface area contributed by atoms with Gasteiger partial charge in [0.1, 0.15) is 6.61 Å². The molecule has 0 unspecified atom stereocenters. The molecule has 1 atom stereocenters. The summed E-state index contributed by atoms with van der Waals surface area (Å²) >= 11 is 0. The zero-order valence-corrected chi connectivity index (χ0v) is 10.9. The van der Waals surface area contributed by atoms with Gasteiger partial charge in [-0.1, -0.05) is 42.5 Å². The minimum absolute atomic E-state index is 0.241. The van der Waals surface area contributed by atoms with Gasteiger partial charge in [0.2, 0.25) is 0 Å². The van der Waals surface area contributed by atoms with Crippen LogP contribution in [-0.2, 0) is 16.1 Å². The highest BCUT2D eigenvalue weighted by atomic mass is 16.5. The van der Waals surface area contributed by atoms with Gasteiger partial charge in [-0.25, -0.2) is 0 Å². The molecule has 2 aromatic rings. The van der Waals surface area contributed by atoms with Crippen molar-refractivity contribution in [3.63, 3.8) is 0 Å². The second kappa shape index (κ2) is 6.05. The molecule has 0 aliphatic rings. The van der Waals surface area contributed by atoms with Crippen LogP contribution in [0.2, 0.25) is 0 Å². The molecule has 0 saturated heterocycles. The topological polar surface area (TPSA) is 52.3 Å². The average molecular weight is 255 g/mol. The molecule has 0 aromatic heterocycles. The molecule has 19 heavy (non-hydrogen) atoms. The van der Waals surface area contributed by atoms with Crippen molar-refractivity contribution in [2.24, 2.45) is 0 Å². The number of nitrogens with two attached hydrogens (primary N) is 1. The summed E-state index contributed by atoms with van der Waals surface area (Å²) in [5, 5.41) is 0. The molecule has 0 aliphatic carbocycles. The van der Waals surface area contributed by atoms with Crippen molar-refractivity contribution >= 4 is 11.7 Å². The van der Waals surface area contributed by atoms with E-state index in [-0.39, 0.29) is 11.9 Å². The van der Waals surface area contributed by atoms with Crippen LogP contribution in [0.25, 0.3) is 0 Å². The number of hydrogen-bond acceptors (Lipinski definition) is 3. The van der Waals surface area contributed by atoms with Gasteiger partial charge in [-0.3, -0.25) is 4.79 Å². The Morgan fingerprint density at radius 3 is 2.58 bits per heavy atom. The second-order valence-corrected chi connectivity index (χ2v) is 4.49. The monoisotopic (exact) mass is 255 g/mol. The molecule has 2 N–H and O–H groups in total. The maximum Gasteiger partial charge on any atom is 0.313 e. The van der Waals surface area contributed by atoms with Gasteiger partial charge in [-0.05, 0) is 30.2 Å². The third kappa shape index (κ3) is 3.58. The molecule has 2 rings (SSSR count). The number of esters is 1. The van der Waals surface area contributed by atoms with Crippen LogP contribution >= 0.6 is 0 Å². The maximum atomic E-state index is 12.0. The number of ether oxygens (including phenoxy) is 1. The molecule has 98 valence electrons. The van der Waals surface area contributed by atoms with Crippen molar-refractivity contribution in [3.8, 4) is 0 Å². The molecule has 0 fully saturated rings. The smallest absolute Gasteiger partial charge is 0.313 e. The molecular formula is C16H17NO2. The molecule has 0 radical (unpaired) electrons. The molecule has 0 heterocycles. The van der Waals surface area contributed by atoms with Crippen LogP contribution in [0.1, 0.15) is 24.0 Å². The van der Waals surface area contributed by atoms with Gasteiger partial charge in [-0.2, -0.15) is 0 Å². The lowest BCUT2D eigenvalue weighted by atomic mass is 10.0. The molecule has 0 saturated carbocycles. The predicted octanol–water partition coefficient (Wildman–Crippen LogP) is 3.12. The number of anilines is 1. The normalized spacial score (nSPS) is 11.8. The summed E-state index contributed by atoms with van der Waals surface area (Å²) in [6.45, 7) is 2.12. The van der Waals surface area contributed by atoms with Crippen LogP contribution in [-0.4, -0.2) is 5.97 Å². The van der Waals surface area contributed by atoms with Crippen LogP contribution in [0.15, 0.2) is 54.6 Å². The largest absolute Gasteiger partial charge is 0.460 e. The Hall–Kier alpha value is -2.29. The van der Waals surface area contributed by atoms with E-state index in [1.807, 2.05) is 49.4 Å². The van der Waals surface area contributed by atoms with Gasteiger partial charge in [0.15, 0.2) is 0 Å². The van der Waals surface area contributed by atoms with Crippen molar-refractivity contribution in [2.45, 2.75) is 19.4 Å². The van der Waals surface area contributed by atoms with Gasteiger partial charge >= 0.3 is 5.97 Å². The van der Waals surface area contributed by atoms with Gasteiger partial charge in [0.25, 0.3) is 0 Å². The first-order valence-electron chi connectivity index (χ1n) is 6.23. The molecule has 0 spiro atoms. The molecular weight excluding hydrogens is 238 g/mol. The number of rotatable bonds is 4. The van der Waals surface area contributed by atoms with E-state index in [9.17, 15) is 4.79 Å². The summed E-state index contributed by atoms with van der Waals surface area (Å²) in [6, 6.07) is 16.9. The Morgan fingerprint density at radius 2 is 1.89 bits per heavy atom. The van der Waals surface area contributed by atoms with E-state index in [4.69, 9.17) is 10.5 Å². The maximum absolute atomic E-state index is 12.0. The van der Waals surface area contributed by atoms with Crippen molar-refractivity contribution in [1.29, 1.82) is 0 Å². The highest BCUT2D eigenvalue weighted by Gasteiger charge is 2.16. The highest BCUT2D eigenvalue weighted by Crippen LogP contribution is 2.19. The number of carbonyl (C=O) groups is 1. The summed E-state index contributed by atoms with van der Waals surface area (Å²) in [5.74, 6) is -0.554. The zero-order chi connectivity index (χ0) is 13.7. The van der Waals surface area contributed by atoms with E-state index >= 15 is 0 Å². The molecule has 3 nitrogen and oxygen atoms in total. The number of carbonyl (C=O) groups excluding carboxylic acids is 1. The Morgan fingerprint density at radius 1 is 1.16 bits per heavy atom. The summed E-state index contributed by atoms with van der Waals surface area (Å²) in [5.41, 5.74) is 8.22. The molecule has 0 aliphatic heterocycles. The fraction of sp³-hybridized carbons (Fsp3) is 0.188. The van der Waals surface area contributed by atoms with E-state index in [1.165, 1.54) is 0 Å². The van der Waals surface area contributed by atoms with Gasteiger partial charge in [0, 0.05) is 5.69 Å². The van der Waals surface area contributed by atoms with Crippen molar-refractivity contribution in [2.75, 3.05) is 5.73 Å². The first-order valence-corrected chi connectivity index (χ1v) is 6.23. The fourth-order valence-electron chi connectivity index (χ4n) is 1.82. The standard InChI is InChI=1S/C16H17NO2/c1-12(14-8-5-9-15(17)10-14)16(18)19-11-13-6-3-2-4-7-13/h2-10,12H,11,17H2,1H3/t12-/m0/s1. The van der Waals surface area contributed by atoms with Gasteiger partial charge < -0.3 is 10.5 Å². The molecule has 3 heteroatoms. The summed E-state index contributed by atoms with van der Waals surface area (Å²) in [7, 11) is 0.